The molecule has 0 spiro atoms. The number of hydrogen-bond acceptors (Lipinski definition) is 5. The molecule has 0 aliphatic rings. The summed E-state index contributed by atoms with van der Waals surface area (Å²) in [5.74, 6) is -0.558. The second-order valence-corrected chi connectivity index (χ2v) is 6.23. The molecule has 0 radical (unpaired) electrons. The summed E-state index contributed by atoms with van der Waals surface area (Å²) in [6.45, 7) is 6.74. The summed E-state index contributed by atoms with van der Waals surface area (Å²) in [6, 6.07) is 2.97. The molecule has 9 heteroatoms. The van der Waals surface area contributed by atoms with Crippen LogP contribution < -0.4 is 15.4 Å². The molecule has 0 saturated heterocycles. The molecule has 0 aliphatic heterocycles. The van der Waals surface area contributed by atoms with E-state index in [-0.39, 0.29) is 16.5 Å². The summed E-state index contributed by atoms with van der Waals surface area (Å²) in [4.78, 5) is 33.5. The van der Waals surface area contributed by atoms with Crippen molar-refractivity contribution in [3.05, 3.63) is 33.3 Å². The largest absolute Gasteiger partial charge is 0.479 e. The van der Waals surface area contributed by atoms with Gasteiger partial charge in [-0.25, -0.2) is 4.79 Å². The molecule has 3 amide bonds. The van der Waals surface area contributed by atoms with Crippen molar-refractivity contribution in [1.82, 2.24) is 10.6 Å². The van der Waals surface area contributed by atoms with Crippen LogP contribution in [0.25, 0.3) is 0 Å². The third-order valence-electron chi connectivity index (χ3n) is 2.52. The van der Waals surface area contributed by atoms with Crippen molar-refractivity contribution < 1.29 is 19.2 Å². The van der Waals surface area contributed by atoms with E-state index in [4.69, 9.17) is 16.3 Å². The summed E-state index contributed by atoms with van der Waals surface area (Å²) in [5.41, 5.74) is -0.681. The quantitative estimate of drug-likeness (QED) is 0.645. The molecule has 23 heavy (non-hydrogen) atoms. The normalized spacial score (nSPS) is 12.2. The second-order valence-electron chi connectivity index (χ2n) is 5.83. The zero-order chi connectivity index (χ0) is 17.8. The maximum atomic E-state index is 11.9. The van der Waals surface area contributed by atoms with Gasteiger partial charge in [-0.15, -0.1) is 0 Å². The molecule has 0 aromatic heterocycles. The van der Waals surface area contributed by atoms with Crippen LogP contribution in [-0.2, 0) is 4.79 Å². The van der Waals surface area contributed by atoms with Crippen LogP contribution in [0.3, 0.4) is 0 Å². The number of nitro benzene ring substituents is 1. The minimum Gasteiger partial charge on any atom is -0.479 e. The smallest absolute Gasteiger partial charge is 0.321 e. The number of rotatable bonds is 4. The Labute approximate surface area is 138 Å². The molecule has 1 aromatic carbocycles. The highest BCUT2D eigenvalue weighted by Gasteiger charge is 2.21. The number of halogens is 1. The predicted molar refractivity (Wildman–Crippen MR) is 84.6 cm³/mol. The first-order valence-corrected chi connectivity index (χ1v) is 7.11. The highest BCUT2D eigenvalue weighted by atomic mass is 35.5. The molecule has 126 valence electrons. The van der Waals surface area contributed by atoms with Crippen LogP contribution in [-0.4, -0.2) is 28.5 Å². The first kappa shape index (κ1) is 18.7. The van der Waals surface area contributed by atoms with Gasteiger partial charge in [-0.1, -0.05) is 11.6 Å². The van der Waals surface area contributed by atoms with Crippen molar-refractivity contribution in [3.8, 4) is 5.75 Å². The van der Waals surface area contributed by atoms with Crippen LogP contribution in [0.4, 0.5) is 10.5 Å². The fourth-order valence-electron chi connectivity index (χ4n) is 1.53. The third kappa shape index (κ3) is 6.11. The van der Waals surface area contributed by atoms with E-state index in [0.29, 0.717) is 0 Å². The Morgan fingerprint density at radius 3 is 2.43 bits per heavy atom. The monoisotopic (exact) mass is 343 g/mol. The van der Waals surface area contributed by atoms with Crippen molar-refractivity contribution in [2.45, 2.75) is 39.3 Å². The summed E-state index contributed by atoms with van der Waals surface area (Å²) in [5, 5.41) is 15.3. The highest BCUT2D eigenvalue weighted by Crippen LogP contribution is 2.29. The number of carbonyl (C=O) groups excluding carboxylic acids is 2. The first-order chi connectivity index (χ1) is 10.5. The lowest BCUT2D eigenvalue weighted by molar-refractivity contribution is -0.384. The Morgan fingerprint density at radius 2 is 1.96 bits per heavy atom. The number of imide groups is 1. The van der Waals surface area contributed by atoms with Gasteiger partial charge in [0.15, 0.2) is 6.10 Å². The van der Waals surface area contributed by atoms with Gasteiger partial charge in [0.1, 0.15) is 5.75 Å². The van der Waals surface area contributed by atoms with Gasteiger partial charge in [0.25, 0.3) is 11.6 Å². The number of non-ortho nitro benzene ring substituents is 1. The molecular formula is C14H18ClN3O5. The van der Waals surface area contributed by atoms with Gasteiger partial charge >= 0.3 is 6.03 Å². The molecule has 0 saturated carbocycles. The summed E-state index contributed by atoms with van der Waals surface area (Å²) < 4.78 is 5.33. The van der Waals surface area contributed by atoms with E-state index in [1.165, 1.54) is 19.1 Å². The van der Waals surface area contributed by atoms with E-state index in [1.807, 2.05) is 0 Å². The van der Waals surface area contributed by atoms with Crippen molar-refractivity contribution >= 4 is 29.2 Å². The molecule has 1 aromatic rings. The molecule has 0 bridgehead atoms. The van der Waals surface area contributed by atoms with Crippen LogP contribution in [0.2, 0.25) is 5.02 Å². The minimum absolute atomic E-state index is 0.00186. The number of urea groups is 1. The fraction of sp³-hybridized carbons (Fsp3) is 0.429. The maximum Gasteiger partial charge on any atom is 0.321 e. The van der Waals surface area contributed by atoms with Crippen molar-refractivity contribution in [3.63, 3.8) is 0 Å². The predicted octanol–water partition coefficient (Wildman–Crippen LogP) is 2.64. The Kier molecular flexibility index (Phi) is 5.91. The van der Waals surface area contributed by atoms with E-state index < -0.39 is 28.5 Å². The molecule has 0 unspecified atom stereocenters. The Hall–Kier alpha value is -2.35. The number of benzene rings is 1. The van der Waals surface area contributed by atoms with E-state index in [2.05, 4.69) is 10.6 Å². The number of nitro groups is 1. The molecule has 0 heterocycles. The molecule has 1 rings (SSSR count). The van der Waals surface area contributed by atoms with Gasteiger partial charge in [0.05, 0.1) is 9.95 Å². The zero-order valence-corrected chi connectivity index (χ0v) is 13.9. The van der Waals surface area contributed by atoms with Gasteiger partial charge < -0.3 is 10.1 Å². The SMILES string of the molecule is C[C@@H](Oc1ccc([N+](=O)[O-])cc1Cl)C(=O)NC(=O)NC(C)(C)C. The number of hydrogen-bond donors (Lipinski definition) is 2. The molecule has 8 nitrogen and oxygen atoms in total. The molecule has 0 fully saturated rings. The summed E-state index contributed by atoms with van der Waals surface area (Å²) in [6.07, 6.45) is -1.01. The Balaban J connectivity index is 2.68. The minimum atomic E-state index is -1.01. The van der Waals surface area contributed by atoms with Crippen LogP contribution in [0, 0.1) is 10.1 Å². The van der Waals surface area contributed by atoms with Gasteiger partial charge in [-0.3, -0.25) is 20.2 Å². The van der Waals surface area contributed by atoms with E-state index in [1.54, 1.807) is 20.8 Å². The topological polar surface area (TPSA) is 111 Å². The van der Waals surface area contributed by atoms with Gasteiger partial charge in [0, 0.05) is 17.7 Å². The molecular weight excluding hydrogens is 326 g/mol. The lowest BCUT2D eigenvalue weighted by atomic mass is 10.1. The van der Waals surface area contributed by atoms with Gasteiger partial charge in [-0.05, 0) is 33.8 Å². The average molecular weight is 344 g/mol. The van der Waals surface area contributed by atoms with Crippen molar-refractivity contribution in [2.24, 2.45) is 0 Å². The van der Waals surface area contributed by atoms with Crippen LogP contribution in [0.5, 0.6) is 5.75 Å². The standard InChI is InChI=1S/C14H18ClN3O5/c1-8(12(19)16-13(20)17-14(2,3)4)23-11-6-5-9(18(21)22)7-10(11)15/h5-8H,1-4H3,(H2,16,17,19,20)/t8-/m1/s1. The maximum absolute atomic E-state index is 11.9. The number of nitrogens with zero attached hydrogens (tertiary/aromatic N) is 1. The van der Waals surface area contributed by atoms with E-state index in [9.17, 15) is 19.7 Å². The molecule has 2 N–H and O–H groups in total. The summed E-state index contributed by atoms with van der Waals surface area (Å²) in [7, 11) is 0. The van der Waals surface area contributed by atoms with Crippen molar-refractivity contribution in [2.75, 3.05) is 0 Å². The van der Waals surface area contributed by atoms with Crippen molar-refractivity contribution in [1.29, 1.82) is 0 Å². The average Bonchev–Trinajstić information content (AvgIpc) is 2.38. The number of amides is 3. The summed E-state index contributed by atoms with van der Waals surface area (Å²) >= 11 is 5.87. The fourth-order valence-corrected chi connectivity index (χ4v) is 1.75. The Morgan fingerprint density at radius 1 is 1.35 bits per heavy atom. The lowest BCUT2D eigenvalue weighted by Crippen LogP contribution is -2.50. The van der Waals surface area contributed by atoms with Gasteiger partial charge in [-0.2, -0.15) is 0 Å². The van der Waals surface area contributed by atoms with E-state index in [0.717, 1.165) is 6.07 Å². The van der Waals surface area contributed by atoms with Crippen LogP contribution in [0.1, 0.15) is 27.7 Å². The third-order valence-corrected chi connectivity index (χ3v) is 2.82. The molecule has 0 aliphatic carbocycles. The number of nitrogens with one attached hydrogen (secondary N) is 2. The number of carbonyl (C=O) groups is 2. The molecule has 1 atom stereocenters. The van der Waals surface area contributed by atoms with E-state index >= 15 is 0 Å². The first-order valence-electron chi connectivity index (χ1n) is 6.73. The Bertz CT molecular complexity index is 627. The van der Waals surface area contributed by atoms with Crippen LogP contribution in [0.15, 0.2) is 18.2 Å². The van der Waals surface area contributed by atoms with Crippen LogP contribution >= 0.6 is 11.6 Å². The zero-order valence-electron chi connectivity index (χ0n) is 13.2. The number of ether oxygens (including phenoxy) is 1. The van der Waals surface area contributed by atoms with Gasteiger partial charge in [0.2, 0.25) is 0 Å². The highest BCUT2D eigenvalue weighted by molar-refractivity contribution is 6.32. The second kappa shape index (κ2) is 7.28. The lowest BCUT2D eigenvalue weighted by Gasteiger charge is -2.21.